The third-order valence-electron chi connectivity index (χ3n) is 7.75. The lowest BCUT2D eigenvalue weighted by atomic mass is 9.69. The maximum Gasteiger partial charge on any atom is 0.412 e. The number of alkyl halides is 3. The highest BCUT2D eigenvalue weighted by Gasteiger charge is 2.33. The van der Waals surface area contributed by atoms with Gasteiger partial charge in [-0.1, -0.05) is 18.2 Å². The van der Waals surface area contributed by atoms with Gasteiger partial charge >= 0.3 is 6.18 Å². The molecule has 4 heteroatoms. The Balaban J connectivity index is 1.38. The Hall–Kier alpha value is -1.06. The minimum atomic E-state index is -4.54. The van der Waals surface area contributed by atoms with E-state index in [1.165, 1.54) is 51.4 Å². The van der Waals surface area contributed by atoms with Crippen LogP contribution in [0.3, 0.4) is 0 Å². The number of allylic oxidation sites excluding steroid dienone is 5. The molecule has 0 atom stereocenters. The first-order valence-electron chi connectivity index (χ1n) is 11.6. The molecular formula is C25H36F4. The standard InChI is InChI=1S/C25H36F4/c1-2-18-3-5-19(6-4-18)7-8-20-9-11-21(12-10-20)22-13-15-23(16-14-22)24(26)17-25(27,28)29/h2,7-8,17-23H,1,3-6,9-16H2/b8-7+,24-17-. The molecule has 0 bridgehead atoms. The van der Waals surface area contributed by atoms with Gasteiger partial charge in [-0.3, -0.25) is 0 Å². The van der Waals surface area contributed by atoms with Gasteiger partial charge in [-0.05, 0) is 107 Å². The zero-order valence-corrected chi connectivity index (χ0v) is 17.5. The van der Waals surface area contributed by atoms with E-state index in [-0.39, 0.29) is 6.08 Å². The van der Waals surface area contributed by atoms with E-state index in [0.29, 0.717) is 36.5 Å². The van der Waals surface area contributed by atoms with Crippen LogP contribution in [0.4, 0.5) is 17.6 Å². The van der Waals surface area contributed by atoms with Crippen molar-refractivity contribution in [2.75, 3.05) is 0 Å². The van der Waals surface area contributed by atoms with Crippen LogP contribution in [-0.2, 0) is 0 Å². The van der Waals surface area contributed by atoms with Crippen LogP contribution in [0.2, 0.25) is 0 Å². The second kappa shape index (κ2) is 10.3. The SMILES string of the molecule is C=CC1CCC(/C=C/C2CCC(C3CCC(/C(F)=C/C(F)(F)F)CC3)CC2)CC1. The molecule has 0 saturated heterocycles. The molecule has 0 spiro atoms. The molecule has 0 radical (unpaired) electrons. The molecule has 0 aliphatic heterocycles. The van der Waals surface area contributed by atoms with Crippen molar-refractivity contribution >= 4 is 0 Å². The fraction of sp³-hybridized carbons (Fsp3) is 0.760. The first-order valence-corrected chi connectivity index (χ1v) is 11.6. The summed E-state index contributed by atoms with van der Waals surface area (Å²) in [6.07, 6.45) is 15.2. The average Bonchev–Trinajstić information content (AvgIpc) is 2.72. The average molecular weight is 413 g/mol. The molecule has 29 heavy (non-hydrogen) atoms. The van der Waals surface area contributed by atoms with Crippen molar-refractivity contribution in [1.82, 2.24) is 0 Å². The first-order chi connectivity index (χ1) is 13.8. The molecule has 3 saturated carbocycles. The third kappa shape index (κ3) is 7.00. The Morgan fingerprint density at radius 2 is 1.07 bits per heavy atom. The van der Waals surface area contributed by atoms with Gasteiger partial charge in [-0.2, -0.15) is 13.2 Å². The van der Waals surface area contributed by atoms with Crippen LogP contribution in [0, 0.1) is 35.5 Å². The minimum absolute atomic E-state index is 0.139. The van der Waals surface area contributed by atoms with Gasteiger partial charge in [-0.15, -0.1) is 6.58 Å². The van der Waals surface area contributed by atoms with Crippen molar-refractivity contribution in [2.45, 2.75) is 83.2 Å². The second-order valence-corrected chi connectivity index (χ2v) is 9.65. The summed E-state index contributed by atoms with van der Waals surface area (Å²) < 4.78 is 50.9. The van der Waals surface area contributed by atoms with Gasteiger partial charge in [0.2, 0.25) is 0 Å². The summed E-state index contributed by atoms with van der Waals surface area (Å²) in [5.41, 5.74) is 0. The van der Waals surface area contributed by atoms with E-state index in [1.54, 1.807) is 0 Å². The lowest BCUT2D eigenvalue weighted by molar-refractivity contribution is -0.0821. The summed E-state index contributed by atoms with van der Waals surface area (Å²) in [6, 6.07) is 0. The molecule has 0 aromatic rings. The van der Waals surface area contributed by atoms with Crippen LogP contribution in [0.1, 0.15) is 77.0 Å². The van der Waals surface area contributed by atoms with E-state index in [9.17, 15) is 17.6 Å². The zero-order chi connectivity index (χ0) is 20.9. The number of hydrogen-bond donors (Lipinski definition) is 0. The molecule has 0 amide bonds. The minimum Gasteiger partial charge on any atom is -0.212 e. The Morgan fingerprint density at radius 1 is 0.655 bits per heavy atom. The van der Waals surface area contributed by atoms with Gasteiger partial charge in [0, 0.05) is 5.92 Å². The monoisotopic (exact) mass is 412 g/mol. The molecule has 164 valence electrons. The van der Waals surface area contributed by atoms with Gasteiger partial charge in [0.1, 0.15) is 5.83 Å². The van der Waals surface area contributed by atoms with Gasteiger partial charge in [0.25, 0.3) is 0 Å². The predicted molar refractivity (Wildman–Crippen MR) is 111 cm³/mol. The second-order valence-electron chi connectivity index (χ2n) is 9.65. The van der Waals surface area contributed by atoms with Gasteiger partial charge < -0.3 is 0 Å². The van der Waals surface area contributed by atoms with Crippen molar-refractivity contribution in [1.29, 1.82) is 0 Å². The number of hydrogen-bond acceptors (Lipinski definition) is 0. The lowest BCUT2D eigenvalue weighted by Crippen LogP contribution is -2.26. The van der Waals surface area contributed by atoms with Gasteiger partial charge in [-0.25, -0.2) is 4.39 Å². The molecule has 0 nitrogen and oxygen atoms in total. The van der Waals surface area contributed by atoms with Crippen LogP contribution in [0.15, 0.2) is 36.7 Å². The molecule has 0 heterocycles. The fourth-order valence-corrected chi connectivity index (χ4v) is 5.84. The van der Waals surface area contributed by atoms with E-state index in [0.717, 1.165) is 18.8 Å². The molecule has 0 aromatic carbocycles. The van der Waals surface area contributed by atoms with Crippen molar-refractivity contribution in [3.05, 3.63) is 36.7 Å². The Kier molecular flexibility index (Phi) is 8.04. The summed E-state index contributed by atoms with van der Waals surface area (Å²) in [5.74, 6) is 1.89. The van der Waals surface area contributed by atoms with E-state index in [2.05, 4.69) is 24.8 Å². The summed E-state index contributed by atoms with van der Waals surface area (Å²) in [4.78, 5) is 0. The summed E-state index contributed by atoms with van der Waals surface area (Å²) in [7, 11) is 0. The van der Waals surface area contributed by atoms with Crippen molar-refractivity contribution in [3.8, 4) is 0 Å². The molecule has 0 N–H and O–H groups in total. The Labute approximate surface area is 173 Å². The predicted octanol–water partition coefficient (Wildman–Crippen LogP) is 8.56. The van der Waals surface area contributed by atoms with Crippen molar-refractivity contribution in [2.24, 2.45) is 35.5 Å². The lowest BCUT2D eigenvalue weighted by Gasteiger charge is -2.37. The van der Waals surface area contributed by atoms with Crippen molar-refractivity contribution < 1.29 is 17.6 Å². The van der Waals surface area contributed by atoms with Gasteiger partial charge in [0.05, 0.1) is 6.08 Å². The van der Waals surface area contributed by atoms with Crippen molar-refractivity contribution in [3.63, 3.8) is 0 Å². The smallest absolute Gasteiger partial charge is 0.212 e. The molecule has 0 unspecified atom stereocenters. The van der Waals surface area contributed by atoms with Crippen LogP contribution in [0.25, 0.3) is 0 Å². The largest absolute Gasteiger partial charge is 0.412 e. The summed E-state index contributed by atoms with van der Waals surface area (Å²) >= 11 is 0. The molecule has 0 aromatic heterocycles. The van der Waals surface area contributed by atoms with Crippen LogP contribution < -0.4 is 0 Å². The fourth-order valence-electron chi connectivity index (χ4n) is 5.84. The number of rotatable bonds is 5. The highest BCUT2D eigenvalue weighted by Crippen LogP contribution is 2.44. The molecular weight excluding hydrogens is 376 g/mol. The van der Waals surface area contributed by atoms with Crippen LogP contribution in [0.5, 0.6) is 0 Å². The highest BCUT2D eigenvalue weighted by molar-refractivity contribution is 5.03. The molecule has 3 aliphatic carbocycles. The molecule has 3 aliphatic rings. The highest BCUT2D eigenvalue weighted by atomic mass is 19.4. The van der Waals surface area contributed by atoms with E-state index < -0.39 is 17.9 Å². The Bertz CT molecular complexity index is 564. The first kappa shape index (κ1) is 22.6. The molecule has 3 rings (SSSR count). The van der Waals surface area contributed by atoms with E-state index in [4.69, 9.17) is 0 Å². The zero-order valence-electron chi connectivity index (χ0n) is 17.5. The molecule has 3 fully saturated rings. The maximum absolute atomic E-state index is 13.8. The Morgan fingerprint density at radius 3 is 1.52 bits per heavy atom. The maximum atomic E-state index is 13.8. The van der Waals surface area contributed by atoms with Crippen LogP contribution in [-0.4, -0.2) is 6.18 Å². The topological polar surface area (TPSA) is 0 Å². The number of halogens is 4. The quantitative estimate of drug-likeness (QED) is 0.313. The summed E-state index contributed by atoms with van der Waals surface area (Å²) in [5, 5.41) is 0. The van der Waals surface area contributed by atoms with E-state index in [1.807, 2.05) is 0 Å². The third-order valence-corrected chi connectivity index (χ3v) is 7.75. The van der Waals surface area contributed by atoms with E-state index >= 15 is 0 Å². The van der Waals surface area contributed by atoms with Gasteiger partial charge in [0.15, 0.2) is 0 Å². The summed E-state index contributed by atoms with van der Waals surface area (Å²) in [6.45, 7) is 3.92. The van der Waals surface area contributed by atoms with Crippen LogP contribution >= 0.6 is 0 Å². The normalized spacial score (nSPS) is 37.6.